The third-order valence-electron chi connectivity index (χ3n) is 2.90. The fraction of sp³-hybridized carbons (Fsp3) is 0.111. The predicted octanol–water partition coefficient (Wildman–Crippen LogP) is 3.96. The highest BCUT2D eigenvalue weighted by Crippen LogP contribution is 2.14. The first kappa shape index (κ1) is 13.8. The molecule has 0 bridgehead atoms. The summed E-state index contributed by atoms with van der Waals surface area (Å²) in [5.74, 6) is 6.55. The fourth-order valence-corrected chi connectivity index (χ4v) is 1.86. The molecule has 20 heavy (non-hydrogen) atoms. The summed E-state index contributed by atoms with van der Waals surface area (Å²) in [5, 5.41) is 0. The van der Waals surface area contributed by atoms with Crippen LogP contribution >= 0.6 is 0 Å². The lowest BCUT2D eigenvalue weighted by molar-refractivity contribution is 0.575. The molecule has 0 radical (unpaired) electrons. The molecular formula is C18H12F2. The van der Waals surface area contributed by atoms with Crippen molar-refractivity contribution in [1.29, 1.82) is 0 Å². The fourth-order valence-electron chi connectivity index (χ4n) is 1.86. The summed E-state index contributed by atoms with van der Waals surface area (Å²) in [6, 6.07) is 7.83. The van der Waals surface area contributed by atoms with Crippen LogP contribution in [0.25, 0.3) is 0 Å². The minimum atomic E-state index is -0.646. The first-order chi connectivity index (χ1) is 9.51. The average Bonchev–Trinajstić information content (AvgIpc) is 2.37. The highest BCUT2D eigenvalue weighted by molar-refractivity contribution is 5.49. The Morgan fingerprint density at radius 3 is 2.15 bits per heavy atom. The molecule has 0 nitrogen and oxygen atoms in total. The Balaban J connectivity index is 2.42. The lowest BCUT2D eigenvalue weighted by atomic mass is 10.1. The highest BCUT2D eigenvalue weighted by atomic mass is 19.1. The van der Waals surface area contributed by atoms with Crippen LogP contribution in [0.1, 0.15) is 27.8 Å². The standard InChI is InChI=1S/C18H12F2/c1-4-15-7-5-14(11-13(15)3)6-8-16-17(19)9-12(2)10-18(16)20/h1,5,7,9-11H,2-3H3. The van der Waals surface area contributed by atoms with Crippen molar-refractivity contribution < 1.29 is 8.78 Å². The van der Waals surface area contributed by atoms with E-state index in [-0.39, 0.29) is 5.56 Å². The van der Waals surface area contributed by atoms with Crippen molar-refractivity contribution >= 4 is 0 Å². The van der Waals surface area contributed by atoms with Crippen LogP contribution in [-0.4, -0.2) is 0 Å². The smallest absolute Gasteiger partial charge is 0.142 e. The van der Waals surface area contributed by atoms with Crippen LogP contribution < -0.4 is 0 Å². The SMILES string of the molecule is C#Cc1ccc(C#Cc2c(F)cc(C)cc2F)cc1C. The Hall–Kier alpha value is -2.58. The maximum absolute atomic E-state index is 13.6. The Kier molecular flexibility index (Phi) is 3.87. The number of aryl methyl sites for hydroxylation is 2. The molecule has 0 aliphatic rings. The highest BCUT2D eigenvalue weighted by Gasteiger charge is 2.07. The van der Waals surface area contributed by atoms with Crippen molar-refractivity contribution in [2.75, 3.05) is 0 Å². The molecule has 0 atom stereocenters. The van der Waals surface area contributed by atoms with Gasteiger partial charge >= 0.3 is 0 Å². The zero-order valence-electron chi connectivity index (χ0n) is 11.2. The zero-order chi connectivity index (χ0) is 14.7. The largest absolute Gasteiger partial charge is 0.206 e. The van der Waals surface area contributed by atoms with Crippen LogP contribution in [0.3, 0.4) is 0 Å². The maximum atomic E-state index is 13.6. The van der Waals surface area contributed by atoms with Gasteiger partial charge in [0.25, 0.3) is 0 Å². The summed E-state index contributed by atoms with van der Waals surface area (Å²) in [5.41, 5.74) is 2.67. The van der Waals surface area contributed by atoms with Gasteiger partial charge in [-0.2, -0.15) is 0 Å². The summed E-state index contributed by atoms with van der Waals surface area (Å²) < 4.78 is 27.3. The molecule has 0 aliphatic carbocycles. The van der Waals surface area contributed by atoms with Gasteiger partial charge in [0, 0.05) is 11.1 Å². The first-order valence-electron chi connectivity index (χ1n) is 6.06. The molecule has 2 aromatic carbocycles. The molecule has 0 spiro atoms. The number of hydrogen-bond acceptors (Lipinski definition) is 0. The van der Waals surface area contributed by atoms with Gasteiger partial charge in [-0.1, -0.05) is 17.8 Å². The van der Waals surface area contributed by atoms with Crippen molar-refractivity contribution in [3.05, 3.63) is 69.8 Å². The van der Waals surface area contributed by atoms with E-state index in [1.165, 1.54) is 12.1 Å². The van der Waals surface area contributed by atoms with E-state index in [4.69, 9.17) is 6.42 Å². The van der Waals surface area contributed by atoms with Gasteiger partial charge in [0.15, 0.2) is 0 Å². The molecule has 2 heteroatoms. The van der Waals surface area contributed by atoms with Crippen LogP contribution in [0.2, 0.25) is 0 Å². The lowest BCUT2D eigenvalue weighted by Crippen LogP contribution is -1.92. The lowest BCUT2D eigenvalue weighted by Gasteiger charge is -2.00. The number of terminal acetylenes is 1. The molecule has 98 valence electrons. The number of hydrogen-bond donors (Lipinski definition) is 0. The van der Waals surface area contributed by atoms with E-state index in [1.54, 1.807) is 25.1 Å². The molecule has 0 saturated heterocycles. The van der Waals surface area contributed by atoms with Crippen LogP contribution in [-0.2, 0) is 0 Å². The van der Waals surface area contributed by atoms with E-state index in [1.807, 2.05) is 6.92 Å². The Morgan fingerprint density at radius 1 is 0.950 bits per heavy atom. The van der Waals surface area contributed by atoms with E-state index in [9.17, 15) is 8.78 Å². The molecule has 0 unspecified atom stereocenters. The molecule has 0 amide bonds. The third kappa shape index (κ3) is 2.87. The second-order valence-corrected chi connectivity index (χ2v) is 4.53. The molecule has 0 saturated carbocycles. The zero-order valence-corrected chi connectivity index (χ0v) is 11.2. The topological polar surface area (TPSA) is 0 Å². The first-order valence-corrected chi connectivity index (χ1v) is 6.06. The molecule has 0 aromatic heterocycles. The van der Waals surface area contributed by atoms with E-state index >= 15 is 0 Å². The van der Waals surface area contributed by atoms with Gasteiger partial charge in [0.1, 0.15) is 11.6 Å². The minimum absolute atomic E-state index is 0.214. The van der Waals surface area contributed by atoms with Gasteiger partial charge in [-0.25, -0.2) is 8.78 Å². The predicted molar refractivity (Wildman–Crippen MR) is 76.2 cm³/mol. The normalized spacial score (nSPS) is 9.55. The average molecular weight is 266 g/mol. The quantitative estimate of drug-likeness (QED) is 0.633. The van der Waals surface area contributed by atoms with Gasteiger partial charge < -0.3 is 0 Å². The van der Waals surface area contributed by atoms with Crippen molar-refractivity contribution in [3.63, 3.8) is 0 Å². The summed E-state index contributed by atoms with van der Waals surface area (Å²) in [4.78, 5) is 0. The molecule has 2 aromatic rings. The summed E-state index contributed by atoms with van der Waals surface area (Å²) in [7, 11) is 0. The Labute approximate surface area is 117 Å². The van der Waals surface area contributed by atoms with Crippen molar-refractivity contribution in [2.45, 2.75) is 13.8 Å². The minimum Gasteiger partial charge on any atom is -0.206 e. The molecule has 0 N–H and O–H groups in total. The van der Waals surface area contributed by atoms with Gasteiger partial charge in [0.05, 0.1) is 5.56 Å². The van der Waals surface area contributed by atoms with E-state index in [2.05, 4.69) is 17.8 Å². The van der Waals surface area contributed by atoms with Crippen LogP contribution in [0.5, 0.6) is 0 Å². The second-order valence-electron chi connectivity index (χ2n) is 4.53. The van der Waals surface area contributed by atoms with Crippen LogP contribution in [0, 0.1) is 49.7 Å². The number of benzene rings is 2. The van der Waals surface area contributed by atoms with E-state index in [0.29, 0.717) is 11.1 Å². The van der Waals surface area contributed by atoms with Crippen molar-refractivity contribution in [3.8, 4) is 24.2 Å². The molecule has 2 rings (SSSR count). The molecule has 0 aliphatic heterocycles. The summed E-state index contributed by atoms with van der Waals surface area (Å²) in [6.45, 7) is 3.50. The monoisotopic (exact) mass is 266 g/mol. The van der Waals surface area contributed by atoms with Gasteiger partial charge in [-0.15, -0.1) is 6.42 Å². The van der Waals surface area contributed by atoms with Crippen molar-refractivity contribution in [2.24, 2.45) is 0 Å². The summed E-state index contributed by atoms with van der Waals surface area (Å²) >= 11 is 0. The van der Waals surface area contributed by atoms with Crippen molar-refractivity contribution in [1.82, 2.24) is 0 Å². The van der Waals surface area contributed by atoms with Gasteiger partial charge in [-0.05, 0) is 55.3 Å². The third-order valence-corrected chi connectivity index (χ3v) is 2.90. The Bertz CT molecular complexity index is 745. The second kappa shape index (κ2) is 5.59. The van der Waals surface area contributed by atoms with Crippen LogP contribution in [0.4, 0.5) is 8.78 Å². The van der Waals surface area contributed by atoms with E-state index < -0.39 is 11.6 Å². The van der Waals surface area contributed by atoms with Crippen LogP contribution in [0.15, 0.2) is 30.3 Å². The van der Waals surface area contributed by atoms with Gasteiger partial charge in [-0.3, -0.25) is 0 Å². The maximum Gasteiger partial charge on any atom is 0.142 e. The molecule has 0 fully saturated rings. The van der Waals surface area contributed by atoms with Gasteiger partial charge in [0.2, 0.25) is 0 Å². The Morgan fingerprint density at radius 2 is 1.60 bits per heavy atom. The summed E-state index contributed by atoms with van der Waals surface area (Å²) in [6.07, 6.45) is 5.33. The molecule has 0 heterocycles. The number of rotatable bonds is 0. The molecular weight excluding hydrogens is 254 g/mol. The van der Waals surface area contributed by atoms with E-state index in [0.717, 1.165) is 11.1 Å². The number of halogens is 2.